The molecule has 0 spiro atoms. The lowest BCUT2D eigenvalue weighted by molar-refractivity contribution is 0.0171. The normalized spacial score (nSPS) is 13.3. The second kappa shape index (κ2) is 10.8. The number of hydrogen-bond donors (Lipinski definition) is 1. The van der Waals surface area contributed by atoms with Gasteiger partial charge in [-0.25, -0.2) is 13.8 Å². The summed E-state index contributed by atoms with van der Waals surface area (Å²) < 4.78 is 29.5. The first-order valence-corrected chi connectivity index (χ1v) is 12.2. The van der Waals surface area contributed by atoms with Crippen molar-refractivity contribution in [3.8, 4) is 11.3 Å². The van der Waals surface area contributed by atoms with E-state index < -0.39 is 5.92 Å². The van der Waals surface area contributed by atoms with Crippen molar-refractivity contribution in [2.24, 2.45) is 10.9 Å². The Morgan fingerprint density at radius 1 is 1.33 bits per heavy atom. The number of benzene rings is 1. The van der Waals surface area contributed by atoms with Gasteiger partial charge in [-0.15, -0.1) is 9.24 Å². The highest BCUT2D eigenvalue weighted by Gasteiger charge is 2.34. The van der Waals surface area contributed by atoms with E-state index in [9.17, 15) is 8.78 Å². The molecule has 2 rings (SSSR count). The lowest BCUT2D eigenvalue weighted by Gasteiger charge is -2.25. The van der Waals surface area contributed by atoms with Gasteiger partial charge in [0.05, 0.1) is 16.4 Å². The van der Waals surface area contributed by atoms with Crippen LogP contribution in [-0.4, -0.2) is 17.2 Å². The Morgan fingerprint density at radius 3 is 2.45 bits per heavy atom. The standard InChI is InChI=1S/C25H32Cl2F2N3P/c1-9-12(2)11-30-23-18(16(6)32-17(7)26)15(5)24(33)19(21(23)27)22-20(25(8,28)29)13(3)10-14(4)31-22/h10,12,30H,7,9,11,33H2,1-6,8H3/b32-16-/t12-/m0/s1. The Bertz CT molecular complexity index is 1110. The second-order valence-electron chi connectivity index (χ2n) is 8.64. The summed E-state index contributed by atoms with van der Waals surface area (Å²) in [6.07, 6.45) is 0.976. The quantitative estimate of drug-likeness (QED) is 0.221. The van der Waals surface area contributed by atoms with Gasteiger partial charge in [0.2, 0.25) is 0 Å². The monoisotopic (exact) mass is 513 g/mol. The number of nitrogens with zero attached hydrogens (tertiary/aromatic N) is 2. The van der Waals surface area contributed by atoms with E-state index >= 15 is 0 Å². The van der Waals surface area contributed by atoms with Crippen molar-refractivity contribution >= 4 is 49.1 Å². The van der Waals surface area contributed by atoms with E-state index in [4.69, 9.17) is 23.2 Å². The van der Waals surface area contributed by atoms with Crippen molar-refractivity contribution in [2.45, 2.75) is 60.8 Å². The first kappa shape index (κ1) is 27.7. The fraction of sp³-hybridized carbons (Fsp3) is 0.440. The molecule has 1 N–H and O–H groups in total. The highest BCUT2D eigenvalue weighted by Crippen LogP contribution is 2.43. The Labute approximate surface area is 208 Å². The Morgan fingerprint density at radius 2 is 1.94 bits per heavy atom. The van der Waals surface area contributed by atoms with E-state index in [0.29, 0.717) is 51.0 Å². The minimum atomic E-state index is -3.09. The van der Waals surface area contributed by atoms with Gasteiger partial charge in [0.25, 0.3) is 5.92 Å². The summed E-state index contributed by atoms with van der Waals surface area (Å²) in [6.45, 7) is 16.6. The molecule has 0 saturated heterocycles. The number of nitrogens with one attached hydrogen (secondary N) is 1. The molecule has 8 heteroatoms. The first-order valence-electron chi connectivity index (χ1n) is 10.8. The number of alkyl halides is 2. The van der Waals surface area contributed by atoms with Crippen LogP contribution in [-0.2, 0) is 5.92 Å². The number of aliphatic imine (C=N–C) groups is 1. The molecule has 2 aromatic rings. The summed E-state index contributed by atoms with van der Waals surface area (Å²) in [6, 6.07) is 1.67. The summed E-state index contributed by atoms with van der Waals surface area (Å²) in [4.78, 5) is 8.87. The number of halogens is 4. The van der Waals surface area contributed by atoms with Crippen LogP contribution in [0.1, 0.15) is 62.1 Å². The van der Waals surface area contributed by atoms with Crippen LogP contribution in [0.15, 0.2) is 22.8 Å². The molecular formula is C25H32Cl2F2N3P. The van der Waals surface area contributed by atoms with Crippen molar-refractivity contribution in [1.29, 1.82) is 0 Å². The van der Waals surface area contributed by atoms with Crippen LogP contribution in [0.2, 0.25) is 5.02 Å². The summed E-state index contributed by atoms with van der Waals surface area (Å²) in [5, 5.41) is 4.59. The van der Waals surface area contributed by atoms with Gasteiger partial charge in [-0.05, 0) is 56.1 Å². The third-order valence-electron chi connectivity index (χ3n) is 5.73. The zero-order valence-corrected chi connectivity index (χ0v) is 22.9. The van der Waals surface area contributed by atoms with Crippen molar-refractivity contribution in [1.82, 2.24) is 4.98 Å². The van der Waals surface area contributed by atoms with Gasteiger partial charge in [-0.3, -0.25) is 4.98 Å². The Hall–Kier alpha value is -1.55. The molecule has 1 unspecified atom stereocenters. The minimum Gasteiger partial charge on any atom is -0.383 e. The molecule has 0 aliphatic heterocycles. The number of rotatable bonds is 8. The highest BCUT2D eigenvalue weighted by molar-refractivity contribution is 7.28. The smallest absolute Gasteiger partial charge is 0.272 e. The molecular weight excluding hydrogens is 482 g/mol. The van der Waals surface area contributed by atoms with E-state index in [1.165, 1.54) is 0 Å². The predicted molar refractivity (Wildman–Crippen MR) is 143 cm³/mol. The van der Waals surface area contributed by atoms with E-state index in [1.807, 2.05) is 13.8 Å². The molecule has 1 aromatic heterocycles. The average molecular weight is 514 g/mol. The van der Waals surface area contributed by atoms with Gasteiger partial charge in [0.1, 0.15) is 5.16 Å². The summed E-state index contributed by atoms with van der Waals surface area (Å²) >= 11 is 12.9. The maximum atomic E-state index is 14.8. The van der Waals surface area contributed by atoms with Crippen LogP contribution >= 0.6 is 32.4 Å². The number of hydrogen-bond acceptors (Lipinski definition) is 3. The Kier molecular flexibility index (Phi) is 9.06. The molecule has 0 aliphatic carbocycles. The lowest BCUT2D eigenvalue weighted by atomic mass is 9.92. The fourth-order valence-electron chi connectivity index (χ4n) is 3.94. The van der Waals surface area contributed by atoms with E-state index in [1.54, 1.807) is 19.9 Å². The molecule has 0 bridgehead atoms. The number of aryl methyl sites for hydroxylation is 2. The number of aromatic nitrogens is 1. The van der Waals surface area contributed by atoms with Gasteiger partial charge in [0, 0.05) is 41.6 Å². The molecule has 3 nitrogen and oxygen atoms in total. The van der Waals surface area contributed by atoms with Gasteiger partial charge in [-0.2, -0.15) is 0 Å². The van der Waals surface area contributed by atoms with Gasteiger partial charge < -0.3 is 5.32 Å². The molecule has 0 amide bonds. The van der Waals surface area contributed by atoms with Crippen molar-refractivity contribution in [3.05, 3.63) is 50.8 Å². The molecule has 180 valence electrons. The van der Waals surface area contributed by atoms with Crippen molar-refractivity contribution < 1.29 is 8.78 Å². The van der Waals surface area contributed by atoms with E-state index in [2.05, 4.69) is 45.0 Å². The van der Waals surface area contributed by atoms with Gasteiger partial charge >= 0.3 is 0 Å². The second-order valence-corrected chi connectivity index (χ2v) is 10.0. The molecule has 1 aromatic carbocycles. The molecule has 0 saturated carbocycles. The largest absolute Gasteiger partial charge is 0.383 e. The van der Waals surface area contributed by atoms with Gasteiger partial charge in [-0.1, -0.05) is 50.0 Å². The van der Waals surface area contributed by atoms with Crippen LogP contribution in [0.3, 0.4) is 0 Å². The first-order chi connectivity index (χ1) is 15.2. The third-order valence-corrected chi connectivity index (χ3v) is 6.92. The maximum absolute atomic E-state index is 14.8. The molecule has 2 atom stereocenters. The van der Waals surface area contributed by atoms with Gasteiger partial charge in [0.15, 0.2) is 0 Å². The van der Waals surface area contributed by atoms with Crippen LogP contribution < -0.4 is 10.6 Å². The van der Waals surface area contributed by atoms with Crippen LogP contribution in [0.4, 0.5) is 14.5 Å². The molecule has 0 aliphatic rings. The van der Waals surface area contributed by atoms with E-state index in [0.717, 1.165) is 24.5 Å². The molecule has 33 heavy (non-hydrogen) atoms. The minimum absolute atomic E-state index is 0.127. The SMILES string of the molecule is C=C(Cl)/N=C(/C)c1c(C)c(P)c(-c2nc(C)cc(C)c2C(C)(F)F)c(Cl)c1NC[C@@H](C)CC. The van der Waals surface area contributed by atoms with Crippen LogP contribution in [0.5, 0.6) is 0 Å². The Balaban J connectivity index is 2.99. The number of pyridine rings is 1. The van der Waals surface area contributed by atoms with Crippen LogP contribution in [0, 0.1) is 26.7 Å². The highest BCUT2D eigenvalue weighted by atomic mass is 35.5. The lowest BCUT2D eigenvalue weighted by Crippen LogP contribution is -2.20. The van der Waals surface area contributed by atoms with Crippen LogP contribution in [0.25, 0.3) is 11.3 Å². The predicted octanol–water partition coefficient (Wildman–Crippen LogP) is 7.92. The van der Waals surface area contributed by atoms with Crippen molar-refractivity contribution in [3.63, 3.8) is 0 Å². The zero-order valence-electron chi connectivity index (χ0n) is 20.3. The average Bonchev–Trinajstić information content (AvgIpc) is 2.67. The van der Waals surface area contributed by atoms with E-state index in [-0.39, 0.29) is 16.4 Å². The molecule has 0 fully saturated rings. The summed E-state index contributed by atoms with van der Waals surface area (Å²) in [7, 11) is 2.65. The number of anilines is 1. The third kappa shape index (κ3) is 6.12. The summed E-state index contributed by atoms with van der Waals surface area (Å²) in [5.74, 6) is -2.71. The van der Waals surface area contributed by atoms with Crippen molar-refractivity contribution in [2.75, 3.05) is 11.9 Å². The maximum Gasteiger partial charge on any atom is 0.272 e. The fourth-order valence-corrected chi connectivity index (χ4v) is 4.94. The molecule has 0 radical (unpaired) electrons. The summed E-state index contributed by atoms with van der Waals surface area (Å²) in [5.41, 5.74) is 4.50. The zero-order chi connectivity index (χ0) is 25.2. The topological polar surface area (TPSA) is 37.3 Å². The molecule has 1 heterocycles.